The number of carbonyl (C=O) groups is 1. The van der Waals surface area contributed by atoms with E-state index in [-0.39, 0.29) is 17.8 Å². The molecule has 4 aromatic rings. The molecule has 1 amide bonds. The van der Waals surface area contributed by atoms with Crippen molar-refractivity contribution < 1.29 is 9.18 Å². The summed E-state index contributed by atoms with van der Waals surface area (Å²) in [6, 6.07) is 13.4. The van der Waals surface area contributed by atoms with Crippen LogP contribution >= 0.6 is 0 Å². The molecular weight excluding hydrogens is 307 g/mol. The standard InChI is InChI=1S/C18H15FN4O/c1-10(17-22-14-4-2-3-5-15(14)23-17)20-18(24)16-9-11-8-12(19)6-7-13(11)21-16/h2-10,21H,1H3,(H,20,24)(H,22,23). The molecule has 0 aliphatic carbocycles. The highest BCUT2D eigenvalue weighted by Gasteiger charge is 2.16. The minimum Gasteiger partial charge on any atom is -0.351 e. The predicted molar refractivity (Wildman–Crippen MR) is 90.2 cm³/mol. The Bertz CT molecular complexity index is 1020. The van der Waals surface area contributed by atoms with Gasteiger partial charge in [0.2, 0.25) is 0 Å². The molecule has 2 aromatic carbocycles. The summed E-state index contributed by atoms with van der Waals surface area (Å²) in [5, 5.41) is 3.55. The molecule has 0 radical (unpaired) electrons. The van der Waals surface area contributed by atoms with Crippen molar-refractivity contribution in [2.24, 2.45) is 0 Å². The predicted octanol–water partition coefficient (Wildman–Crippen LogP) is 3.67. The fourth-order valence-electron chi connectivity index (χ4n) is 2.75. The second kappa shape index (κ2) is 5.49. The number of nitrogens with one attached hydrogen (secondary N) is 3. The van der Waals surface area contributed by atoms with Gasteiger partial charge in [0.25, 0.3) is 5.91 Å². The Morgan fingerprint density at radius 1 is 1.12 bits per heavy atom. The number of aromatic nitrogens is 3. The van der Waals surface area contributed by atoms with E-state index in [0.717, 1.165) is 16.6 Å². The van der Waals surface area contributed by atoms with Crippen molar-refractivity contribution in [3.8, 4) is 0 Å². The Hall–Kier alpha value is -3.15. The molecule has 1 atom stereocenters. The maximum atomic E-state index is 13.3. The highest BCUT2D eigenvalue weighted by molar-refractivity contribution is 5.98. The van der Waals surface area contributed by atoms with Crippen LogP contribution in [0.15, 0.2) is 48.5 Å². The summed E-state index contributed by atoms with van der Waals surface area (Å²) in [7, 11) is 0. The first kappa shape index (κ1) is 14.4. The second-order valence-corrected chi connectivity index (χ2v) is 5.75. The summed E-state index contributed by atoms with van der Waals surface area (Å²) in [6.45, 7) is 1.86. The molecule has 5 nitrogen and oxygen atoms in total. The molecule has 0 aliphatic heterocycles. The fraction of sp³-hybridized carbons (Fsp3) is 0.111. The number of benzene rings is 2. The zero-order chi connectivity index (χ0) is 16.7. The number of halogens is 1. The summed E-state index contributed by atoms with van der Waals surface area (Å²) < 4.78 is 13.3. The molecule has 120 valence electrons. The lowest BCUT2D eigenvalue weighted by molar-refractivity contribution is 0.0934. The molecule has 0 spiro atoms. The van der Waals surface area contributed by atoms with Crippen LogP contribution in [0.1, 0.15) is 29.3 Å². The molecule has 6 heteroatoms. The van der Waals surface area contributed by atoms with Gasteiger partial charge in [-0.3, -0.25) is 4.79 Å². The molecule has 24 heavy (non-hydrogen) atoms. The number of amides is 1. The number of hydrogen-bond donors (Lipinski definition) is 3. The smallest absolute Gasteiger partial charge is 0.268 e. The van der Waals surface area contributed by atoms with E-state index >= 15 is 0 Å². The van der Waals surface area contributed by atoms with Gasteiger partial charge in [0.05, 0.1) is 17.1 Å². The molecule has 3 N–H and O–H groups in total. The molecule has 0 saturated heterocycles. The zero-order valence-electron chi connectivity index (χ0n) is 12.9. The average molecular weight is 322 g/mol. The van der Waals surface area contributed by atoms with Crippen molar-refractivity contribution in [1.82, 2.24) is 20.3 Å². The van der Waals surface area contributed by atoms with Gasteiger partial charge >= 0.3 is 0 Å². The van der Waals surface area contributed by atoms with Gasteiger partial charge < -0.3 is 15.3 Å². The molecular formula is C18H15FN4O. The maximum absolute atomic E-state index is 13.3. The van der Waals surface area contributed by atoms with E-state index in [2.05, 4.69) is 20.3 Å². The van der Waals surface area contributed by atoms with Gasteiger partial charge in [-0.05, 0) is 43.3 Å². The Morgan fingerprint density at radius 3 is 2.79 bits per heavy atom. The van der Waals surface area contributed by atoms with E-state index in [9.17, 15) is 9.18 Å². The minimum absolute atomic E-state index is 0.264. The summed E-state index contributed by atoms with van der Waals surface area (Å²) in [5.41, 5.74) is 2.89. The lowest BCUT2D eigenvalue weighted by atomic mass is 10.2. The molecule has 0 bridgehead atoms. The van der Waals surface area contributed by atoms with Gasteiger partial charge in [0.1, 0.15) is 17.3 Å². The van der Waals surface area contributed by atoms with Crippen LogP contribution in [0.5, 0.6) is 0 Å². The van der Waals surface area contributed by atoms with Gasteiger partial charge in [-0.25, -0.2) is 9.37 Å². The topological polar surface area (TPSA) is 73.6 Å². The van der Waals surface area contributed by atoms with Crippen molar-refractivity contribution in [3.63, 3.8) is 0 Å². The number of para-hydroxylation sites is 2. The van der Waals surface area contributed by atoms with Crippen LogP contribution in [-0.4, -0.2) is 20.9 Å². The Labute approximate surface area is 136 Å². The van der Waals surface area contributed by atoms with Crippen molar-refractivity contribution in [3.05, 3.63) is 65.9 Å². The summed E-state index contributed by atoms with van der Waals surface area (Å²) in [6.07, 6.45) is 0. The summed E-state index contributed by atoms with van der Waals surface area (Å²) in [4.78, 5) is 23.1. The van der Waals surface area contributed by atoms with Crippen molar-refractivity contribution >= 4 is 27.8 Å². The molecule has 0 fully saturated rings. The van der Waals surface area contributed by atoms with Gasteiger partial charge in [-0.15, -0.1) is 0 Å². The van der Waals surface area contributed by atoms with Gasteiger partial charge in [-0.1, -0.05) is 12.1 Å². The van der Waals surface area contributed by atoms with Crippen LogP contribution in [0, 0.1) is 5.82 Å². The van der Waals surface area contributed by atoms with Gasteiger partial charge in [0.15, 0.2) is 0 Å². The van der Waals surface area contributed by atoms with E-state index in [0.29, 0.717) is 16.9 Å². The van der Waals surface area contributed by atoms with Crippen LogP contribution in [0.25, 0.3) is 21.9 Å². The fourth-order valence-corrected chi connectivity index (χ4v) is 2.75. The van der Waals surface area contributed by atoms with Crippen LogP contribution in [0.3, 0.4) is 0 Å². The third kappa shape index (κ3) is 2.52. The Balaban J connectivity index is 1.57. The van der Waals surface area contributed by atoms with E-state index in [1.807, 2.05) is 31.2 Å². The molecule has 0 aliphatic rings. The monoisotopic (exact) mass is 322 g/mol. The minimum atomic E-state index is -0.330. The number of hydrogen-bond acceptors (Lipinski definition) is 2. The maximum Gasteiger partial charge on any atom is 0.268 e. The number of H-pyrrole nitrogens is 2. The Morgan fingerprint density at radius 2 is 1.96 bits per heavy atom. The molecule has 0 saturated carbocycles. The van der Waals surface area contributed by atoms with E-state index in [1.54, 1.807) is 12.1 Å². The lowest BCUT2D eigenvalue weighted by Gasteiger charge is -2.10. The third-order valence-electron chi connectivity index (χ3n) is 3.99. The molecule has 2 heterocycles. The second-order valence-electron chi connectivity index (χ2n) is 5.75. The van der Waals surface area contributed by atoms with Gasteiger partial charge in [0, 0.05) is 10.9 Å². The van der Waals surface area contributed by atoms with Crippen LogP contribution in [-0.2, 0) is 0 Å². The quantitative estimate of drug-likeness (QED) is 0.538. The number of carbonyl (C=O) groups excluding carboxylic acids is 1. The van der Waals surface area contributed by atoms with Crippen molar-refractivity contribution in [2.45, 2.75) is 13.0 Å². The first-order valence-electron chi connectivity index (χ1n) is 7.64. The van der Waals surface area contributed by atoms with E-state index in [4.69, 9.17) is 0 Å². The highest BCUT2D eigenvalue weighted by atomic mass is 19.1. The molecule has 2 aromatic heterocycles. The average Bonchev–Trinajstić information content (AvgIpc) is 3.18. The van der Waals surface area contributed by atoms with Crippen molar-refractivity contribution in [2.75, 3.05) is 0 Å². The van der Waals surface area contributed by atoms with E-state index in [1.165, 1.54) is 12.1 Å². The summed E-state index contributed by atoms with van der Waals surface area (Å²) in [5.74, 6) is 0.0929. The largest absolute Gasteiger partial charge is 0.351 e. The first-order valence-corrected chi connectivity index (χ1v) is 7.64. The molecule has 4 rings (SSSR count). The Kier molecular flexibility index (Phi) is 3.30. The number of rotatable bonds is 3. The van der Waals surface area contributed by atoms with Gasteiger partial charge in [-0.2, -0.15) is 0 Å². The first-order chi connectivity index (χ1) is 11.6. The lowest BCUT2D eigenvalue weighted by Crippen LogP contribution is -2.27. The normalized spacial score (nSPS) is 12.6. The zero-order valence-corrected chi connectivity index (χ0v) is 12.9. The van der Waals surface area contributed by atoms with E-state index < -0.39 is 0 Å². The van der Waals surface area contributed by atoms with Crippen molar-refractivity contribution in [1.29, 1.82) is 0 Å². The van der Waals surface area contributed by atoms with Crippen LogP contribution < -0.4 is 5.32 Å². The van der Waals surface area contributed by atoms with Crippen LogP contribution in [0.4, 0.5) is 4.39 Å². The highest BCUT2D eigenvalue weighted by Crippen LogP contribution is 2.19. The number of nitrogens with zero attached hydrogens (tertiary/aromatic N) is 1. The number of imidazole rings is 1. The third-order valence-corrected chi connectivity index (χ3v) is 3.99. The summed E-state index contributed by atoms with van der Waals surface area (Å²) >= 11 is 0. The molecule has 1 unspecified atom stereocenters. The number of fused-ring (bicyclic) bond motifs is 2. The van der Waals surface area contributed by atoms with Crippen LogP contribution in [0.2, 0.25) is 0 Å². The SMILES string of the molecule is CC(NC(=O)c1cc2cc(F)ccc2[nH]1)c1nc2ccccc2[nH]1. The number of aromatic amines is 2.